The number of aryl methyl sites for hydroxylation is 1. The molecule has 6 heteroatoms. The van der Waals surface area contributed by atoms with Gasteiger partial charge in [0.15, 0.2) is 0 Å². The Balaban J connectivity index is 1.36. The zero-order valence-corrected chi connectivity index (χ0v) is 17.5. The van der Waals surface area contributed by atoms with Crippen molar-refractivity contribution in [3.63, 3.8) is 0 Å². The first-order valence-corrected chi connectivity index (χ1v) is 10.7. The van der Waals surface area contributed by atoms with Crippen LogP contribution in [0.2, 0.25) is 5.02 Å². The van der Waals surface area contributed by atoms with Gasteiger partial charge in [-0.15, -0.1) is 0 Å². The molecular formula is C23H27ClN2O3. The van der Waals surface area contributed by atoms with Crippen LogP contribution in [0, 0.1) is 0 Å². The molecule has 2 aromatic rings. The van der Waals surface area contributed by atoms with Crippen LogP contribution in [-0.4, -0.2) is 40.5 Å². The number of benzene rings is 1. The van der Waals surface area contributed by atoms with Crippen molar-refractivity contribution in [2.75, 3.05) is 13.2 Å². The van der Waals surface area contributed by atoms with Crippen molar-refractivity contribution >= 4 is 23.5 Å². The molecule has 1 amide bonds. The highest BCUT2D eigenvalue weighted by Crippen LogP contribution is 2.49. The first kappa shape index (κ1) is 20.0. The highest BCUT2D eigenvalue weighted by molar-refractivity contribution is 6.30. The maximum atomic E-state index is 13.0. The lowest BCUT2D eigenvalue weighted by molar-refractivity contribution is -0.147. The number of nitrogens with zero attached hydrogens (tertiary/aromatic N) is 2. The summed E-state index contributed by atoms with van der Waals surface area (Å²) in [4.78, 5) is 27.7. The Morgan fingerprint density at radius 2 is 2.03 bits per heavy atom. The molecule has 29 heavy (non-hydrogen) atoms. The third-order valence-corrected chi connectivity index (χ3v) is 6.49. The summed E-state index contributed by atoms with van der Waals surface area (Å²) in [6, 6.07) is 11.3. The summed E-state index contributed by atoms with van der Waals surface area (Å²) in [6.07, 6.45) is 7.23. The minimum Gasteiger partial charge on any atom is -0.465 e. The lowest BCUT2D eigenvalue weighted by atomic mass is 9.96. The third-order valence-electron chi connectivity index (χ3n) is 6.25. The molecule has 1 aromatic carbocycles. The molecule has 1 aromatic heterocycles. The largest absolute Gasteiger partial charge is 0.465 e. The number of carbonyl (C=O) groups is 2. The molecule has 2 heterocycles. The Morgan fingerprint density at radius 1 is 1.21 bits per heavy atom. The number of likely N-dealkylation sites (tertiary alicyclic amines) is 1. The predicted molar refractivity (Wildman–Crippen MR) is 112 cm³/mol. The predicted octanol–water partition coefficient (Wildman–Crippen LogP) is 4.34. The van der Waals surface area contributed by atoms with Crippen LogP contribution in [0.1, 0.15) is 54.6 Å². The van der Waals surface area contributed by atoms with E-state index >= 15 is 0 Å². The summed E-state index contributed by atoms with van der Waals surface area (Å²) >= 11 is 6.10. The molecule has 1 saturated heterocycles. The van der Waals surface area contributed by atoms with Gasteiger partial charge in [0.25, 0.3) is 5.91 Å². The van der Waals surface area contributed by atoms with Gasteiger partial charge in [-0.2, -0.15) is 0 Å². The summed E-state index contributed by atoms with van der Waals surface area (Å²) in [5.41, 5.74) is 1.11. The van der Waals surface area contributed by atoms with Gasteiger partial charge in [0.1, 0.15) is 5.69 Å². The second kappa shape index (κ2) is 8.23. The molecule has 1 atom stereocenters. The molecule has 0 bridgehead atoms. The number of rotatable bonds is 6. The standard InChI is InChI=1S/C23H27ClN2O3/c1-25-13-5-9-20(25)21(27)26-14-3-2-8-19(26)10-15-29-22(28)23(11-12-23)17-6-4-7-18(24)16-17/h4-7,9,13,16,19H,2-3,8,10-12,14-15H2,1H3. The Morgan fingerprint density at radius 3 is 2.72 bits per heavy atom. The minimum absolute atomic E-state index is 0.0612. The molecule has 1 aliphatic heterocycles. The fraction of sp³-hybridized carbons (Fsp3) is 0.478. The van der Waals surface area contributed by atoms with E-state index in [-0.39, 0.29) is 17.9 Å². The molecule has 2 fully saturated rings. The van der Waals surface area contributed by atoms with E-state index in [9.17, 15) is 9.59 Å². The van der Waals surface area contributed by atoms with Crippen LogP contribution in [-0.2, 0) is 22.0 Å². The fourth-order valence-corrected chi connectivity index (χ4v) is 4.54. The molecular weight excluding hydrogens is 388 g/mol. The zero-order chi connectivity index (χ0) is 20.4. The topological polar surface area (TPSA) is 51.5 Å². The van der Waals surface area contributed by atoms with E-state index in [2.05, 4.69) is 0 Å². The van der Waals surface area contributed by atoms with Crippen LogP contribution in [0.5, 0.6) is 0 Å². The van der Waals surface area contributed by atoms with E-state index in [1.54, 1.807) is 0 Å². The van der Waals surface area contributed by atoms with Crippen molar-refractivity contribution in [3.8, 4) is 0 Å². The third kappa shape index (κ3) is 4.06. The number of esters is 1. The van der Waals surface area contributed by atoms with Crippen molar-refractivity contribution in [3.05, 3.63) is 58.9 Å². The summed E-state index contributed by atoms with van der Waals surface area (Å²) in [5.74, 6) is -0.109. The smallest absolute Gasteiger partial charge is 0.316 e. The molecule has 1 saturated carbocycles. The van der Waals surface area contributed by atoms with Crippen molar-refractivity contribution in [2.45, 2.75) is 50.0 Å². The number of carbonyl (C=O) groups excluding carboxylic acids is 2. The van der Waals surface area contributed by atoms with Crippen molar-refractivity contribution in [1.29, 1.82) is 0 Å². The van der Waals surface area contributed by atoms with Crippen molar-refractivity contribution in [2.24, 2.45) is 7.05 Å². The van der Waals surface area contributed by atoms with Crippen molar-refractivity contribution in [1.82, 2.24) is 9.47 Å². The second-order valence-electron chi connectivity index (χ2n) is 8.17. The Bertz CT molecular complexity index is 903. The number of hydrogen-bond acceptors (Lipinski definition) is 3. The van der Waals surface area contributed by atoms with E-state index in [4.69, 9.17) is 16.3 Å². The van der Waals surface area contributed by atoms with Gasteiger partial charge >= 0.3 is 5.97 Å². The molecule has 1 unspecified atom stereocenters. The van der Waals surface area contributed by atoms with Gasteiger partial charge < -0.3 is 14.2 Å². The number of aromatic nitrogens is 1. The second-order valence-corrected chi connectivity index (χ2v) is 8.61. The molecule has 0 spiro atoms. The summed E-state index contributed by atoms with van der Waals surface area (Å²) < 4.78 is 7.54. The Labute approximate surface area is 176 Å². The van der Waals surface area contributed by atoms with Crippen LogP contribution < -0.4 is 0 Å². The van der Waals surface area contributed by atoms with Crippen molar-refractivity contribution < 1.29 is 14.3 Å². The highest BCUT2D eigenvalue weighted by atomic mass is 35.5. The van der Waals surface area contributed by atoms with Gasteiger partial charge in [-0.05, 0) is 61.9 Å². The van der Waals surface area contributed by atoms with Gasteiger partial charge in [-0.3, -0.25) is 9.59 Å². The highest BCUT2D eigenvalue weighted by Gasteiger charge is 2.52. The van der Waals surface area contributed by atoms with Gasteiger partial charge in [0, 0.05) is 37.3 Å². The lowest BCUT2D eigenvalue weighted by Crippen LogP contribution is -2.45. The fourth-order valence-electron chi connectivity index (χ4n) is 4.35. The number of piperidine rings is 1. The Hall–Kier alpha value is -2.27. The van der Waals surface area contributed by atoms with E-state index in [1.807, 2.05) is 59.1 Å². The summed E-state index contributed by atoms with van der Waals surface area (Å²) in [7, 11) is 1.89. The maximum absolute atomic E-state index is 13.0. The molecule has 4 rings (SSSR count). The normalized spacial score (nSPS) is 20.3. The molecule has 154 valence electrons. The quantitative estimate of drug-likeness (QED) is 0.661. The lowest BCUT2D eigenvalue weighted by Gasteiger charge is -2.36. The van der Waals surface area contributed by atoms with Crippen LogP contribution in [0.4, 0.5) is 0 Å². The zero-order valence-electron chi connectivity index (χ0n) is 16.8. The van der Waals surface area contributed by atoms with E-state index in [0.29, 0.717) is 23.7 Å². The monoisotopic (exact) mass is 414 g/mol. The van der Waals surface area contributed by atoms with Crippen LogP contribution in [0.15, 0.2) is 42.6 Å². The van der Waals surface area contributed by atoms with Gasteiger partial charge in [0.05, 0.1) is 12.0 Å². The van der Waals surface area contributed by atoms with E-state index < -0.39 is 5.41 Å². The van der Waals surface area contributed by atoms with E-state index in [0.717, 1.165) is 44.2 Å². The number of ether oxygens (including phenoxy) is 1. The van der Waals surface area contributed by atoms with Gasteiger partial charge in [-0.1, -0.05) is 23.7 Å². The van der Waals surface area contributed by atoms with Crippen LogP contribution >= 0.6 is 11.6 Å². The average molecular weight is 415 g/mol. The molecule has 5 nitrogen and oxygen atoms in total. The molecule has 2 aliphatic rings. The minimum atomic E-state index is -0.532. The molecule has 0 N–H and O–H groups in total. The molecule has 1 aliphatic carbocycles. The summed E-state index contributed by atoms with van der Waals surface area (Å²) in [5, 5.41) is 0.638. The maximum Gasteiger partial charge on any atom is 0.316 e. The Kier molecular flexibility index (Phi) is 5.68. The number of halogens is 1. The summed E-state index contributed by atoms with van der Waals surface area (Å²) in [6.45, 7) is 1.10. The van der Waals surface area contributed by atoms with Gasteiger partial charge in [0.2, 0.25) is 0 Å². The first-order valence-electron chi connectivity index (χ1n) is 10.4. The van der Waals surface area contributed by atoms with Gasteiger partial charge in [-0.25, -0.2) is 0 Å². The first-order chi connectivity index (χ1) is 14.0. The average Bonchev–Trinajstić information content (AvgIpc) is 3.43. The number of amides is 1. The van der Waals surface area contributed by atoms with Crippen LogP contribution in [0.3, 0.4) is 0 Å². The number of hydrogen-bond donors (Lipinski definition) is 0. The van der Waals surface area contributed by atoms with Crippen LogP contribution in [0.25, 0.3) is 0 Å². The SMILES string of the molecule is Cn1cccc1C(=O)N1CCCCC1CCOC(=O)C1(c2cccc(Cl)c2)CC1. The molecule has 0 radical (unpaired) electrons. The van der Waals surface area contributed by atoms with E-state index in [1.165, 1.54) is 0 Å².